The number of fused-ring (bicyclic) bond motifs is 1. The number of benzene rings is 2. The molecule has 2 aliphatic heterocycles. The second kappa shape index (κ2) is 8.52. The molecule has 10 nitrogen and oxygen atoms in total. The monoisotopic (exact) mass is 446 g/mol. The maximum Gasteiger partial charge on any atom is 0.295 e. The minimum absolute atomic E-state index is 0.0980. The molecule has 1 N–H and O–H groups in total. The van der Waals surface area contributed by atoms with Gasteiger partial charge in [0.25, 0.3) is 5.69 Å². The highest BCUT2D eigenvalue weighted by molar-refractivity contribution is 7.89. The highest BCUT2D eigenvalue weighted by Crippen LogP contribution is 2.32. The molecule has 0 unspecified atom stereocenters. The quantitative estimate of drug-likeness (QED) is 0.411. The third-order valence-corrected chi connectivity index (χ3v) is 7.07. The number of nitrogens with zero attached hydrogens (tertiary/aromatic N) is 3. The molecule has 2 aliphatic rings. The number of nitro groups is 1. The second-order valence-corrected chi connectivity index (χ2v) is 9.15. The Balaban J connectivity index is 1.58. The van der Waals surface area contributed by atoms with Crippen molar-refractivity contribution in [2.45, 2.75) is 24.7 Å². The lowest BCUT2D eigenvalue weighted by Crippen LogP contribution is -2.27. The molecule has 0 aliphatic carbocycles. The first-order valence-electron chi connectivity index (χ1n) is 9.85. The van der Waals surface area contributed by atoms with E-state index in [0.717, 1.165) is 24.5 Å². The number of hydrazone groups is 1. The van der Waals surface area contributed by atoms with E-state index in [1.807, 2.05) is 6.07 Å². The number of nitrogens with one attached hydrogen (secondary N) is 1. The Morgan fingerprint density at radius 1 is 1.10 bits per heavy atom. The molecule has 11 heteroatoms. The van der Waals surface area contributed by atoms with Gasteiger partial charge in [0, 0.05) is 24.7 Å². The molecule has 2 aromatic rings. The van der Waals surface area contributed by atoms with Crippen LogP contribution in [0.1, 0.15) is 25.3 Å². The first-order chi connectivity index (χ1) is 14.9. The molecule has 31 heavy (non-hydrogen) atoms. The molecular formula is C20H22N4O6S. The lowest BCUT2D eigenvalue weighted by molar-refractivity contribution is -0.384. The summed E-state index contributed by atoms with van der Waals surface area (Å²) in [6.07, 6.45) is 1.57. The summed E-state index contributed by atoms with van der Waals surface area (Å²) < 4.78 is 37.9. The maximum atomic E-state index is 12.7. The molecular weight excluding hydrogens is 424 g/mol. The van der Waals surface area contributed by atoms with Crippen molar-refractivity contribution in [2.75, 3.05) is 31.7 Å². The van der Waals surface area contributed by atoms with Crippen molar-refractivity contribution < 1.29 is 22.8 Å². The van der Waals surface area contributed by atoms with E-state index in [9.17, 15) is 18.5 Å². The molecule has 164 valence electrons. The summed E-state index contributed by atoms with van der Waals surface area (Å²) in [4.78, 5) is 10.9. The van der Waals surface area contributed by atoms with Gasteiger partial charge in [0.1, 0.15) is 18.9 Å². The molecule has 0 bridgehead atoms. The van der Waals surface area contributed by atoms with Crippen LogP contribution in [0.5, 0.6) is 11.5 Å². The zero-order valence-electron chi connectivity index (χ0n) is 16.9. The summed E-state index contributed by atoms with van der Waals surface area (Å²) in [6, 6.07) is 9.18. The van der Waals surface area contributed by atoms with Crippen molar-refractivity contribution in [2.24, 2.45) is 5.10 Å². The van der Waals surface area contributed by atoms with Gasteiger partial charge in [-0.05, 0) is 50.1 Å². The van der Waals surface area contributed by atoms with E-state index >= 15 is 0 Å². The van der Waals surface area contributed by atoms with Gasteiger partial charge in [-0.2, -0.15) is 9.41 Å². The smallest absolute Gasteiger partial charge is 0.295 e. The topological polar surface area (TPSA) is 123 Å². The fraction of sp³-hybridized carbons (Fsp3) is 0.350. The van der Waals surface area contributed by atoms with Crippen LogP contribution in [0.4, 0.5) is 11.4 Å². The van der Waals surface area contributed by atoms with Crippen LogP contribution in [0.2, 0.25) is 0 Å². The molecule has 0 spiro atoms. The minimum Gasteiger partial charge on any atom is -0.486 e. The molecule has 0 radical (unpaired) electrons. The Morgan fingerprint density at radius 2 is 1.81 bits per heavy atom. The third kappa shape index (κ3) is 4.32. The molecule has 0 amide bonds. The number of nitro benzene ring substituents is 1. The van der Waals surface area contributed by atoms with Gasteiger partial charge in [0.15, 0.2) is 11.5 Å². The van der Waals surface area contributed by atoms with Gasteiger partial charge in [-0.25, -0.2) is 8.42 Å². The van der Waals surface area contributed by atoms with E-state index in [0.29, 0.717) is 43.5 Å². The maximum absolute atomic E-state index is 12.7. The van der Waals surface area contributed by atoms with E-state index in [1.54, 1.807) is 19.1 Å². The SMILES string of the molecule is C/C(=N/Nc1ccc(S(=O)(=O)N2CCCC2)cc1[N+](=O)[O-])c1ccc2c(c1)OCCO2. The highest BCUT2D eigenvalue weighted by Gasteiger charge is 2.29. The zero-order chi connectivity index (χ0) is 22.0. The van der Waals surface area contributed by atoms with Crippen LogP contribution in [0.15, 0.2) is 46.4 Å². The lowest BCUT2D eigenvalue weighted by atomic mass is 10.1. The number of ether oxygens (including phenoxy) is 2. The van der Waals surface area contributed by atoms with Gasteiger partial charge in [0.2, 0.25) is 10.0 Å². The summed E-state index contributed by atoms with van der Waals surface area (Å²) in [6.45, 7) is 3.55. The largest absolute Gasteiger partial charge is 0.486 e. The number of hydrogen-bond donors (Lipinski definition) is 1. The molecule has 1 saturated heterocycles. The number of rotatable bonds is 6. The van der Waals surface area contributed by atoms with E-state index in [1.165, 1.54) is 16.4 Å². The summed E-state index contributed by atoms with van der Waals surface area (Å²) in [5.74, 6) is 1.27. The van der Waals surface area contributed by atoms with Crippen LogP contribution in [0, 0.1) is 10.1 Å². The Labute approximate surface area is 179 Å². The van der Waals surface area contributed by atoms with Gasteiger partial charge in [0.05, 0.1) is 15.5 Å². The average Bonchev–Trinajstić information content (AvgIpc) is 3.33. The molecule has 0 aromatic heterocycles. The highest BCUT2D eigenvalue weighted by atomic mass is 32.2. The Hall–Kier alpha value is -3.18. The van der Waals surface area contributed by atoms with Gasteiger partial charge in [-0.3, -0.25) is 15.5 Å². The van der Waals surface area contributed by atoms with Crippen molar-refractivity contribution >= 4 is 27.1 Å². The van der Waals surface area contributed by atoms with Crippen molar-refractivity contribution in [3.8, 4) is 11.5 Å². The van der Waals surface area contributed by atoms with Gasteiger partial charge >= 0.3 is 0 Å². The standard InChI is InChI=1S/C20H22N4O6S/c1-14(15-4-7-19-20(12-15)30-11-10-29-19)21-22-17-6-5-16(13-18(17)24(25)26)31(27,28)23-8-2-3-9-23/h4-7,12-13,22H,2-3,8-11H2,1H3/b21-14-. The number of anilines is 1. The number of sulfonamides is 1. The number of hydrogen-bond acceptors (Lipinski definition) is 8. The molecule has 1 fully saturated rings. The Kier molecular flexibility index (Phi) is 5.79. The molecule has 4 rings (SSSR count). The average molecular weight is 446 g/mol. The summed E-state index contributed by atoms with van der Waals surface area (Å²) in [7, 11) is -3.76. The first-order valence-corrected chi connectivity index (χ1v) is 11.3. The van der Waals surface area contributed by atoms with Crippen LogP contribution in [-0.2, 0) is 10.0 Å². The summed E-state index contributed by atoms with van der Waals surface area (Å²) in [5, 5.41) is 15.8. The van der Waals surface area contributed by atoms with Crippen LogP contribution >= 0.6 is 0 Å². The first kappa shape index (κ1) is 21.1. The van der Waals surface area contributed by atoms with E-state index in [4.69, 9.17) is 9.47 Å². The van der Waals surface area contributed by atoms with Crippen LogP contribution in [0.25, 0.3) is 0 Å². The fourth-order valence-electron chi connectivity index (χ4n) is 3.47. The van der Waals surface area contributed by atoms with Crippen molar-refractivity contribution in [1.29, 1.82) is 0 Å². The molecule has 0 atom stereocenters. The van der Waals surface area contributed by atoms with E-state index < -0.39 is 14.9 Å². The normalized spacial score (nSPS) is 16.9. The Morgan fingerprint density at radius 3 is 2.52 bits per heavy atom. The summed E-state index contributed by atoms with van der Waals surface area (Å²) in [5.41, 5.74) is 3.75. The summed E-state index contributed by atoms with van der Waals surface area (Å²) >= 11 is 0. The molecule has 2 aromatic carbocycles. The van der Waals surface area contributed by atoms with Crippen LogP contribution < -0.4 is 14.9 Å². The van der Waals surface area contributed by atoms with Gasteiger partial charge < -0.3 is 9.47 Å². The van der Waals surface area contributed by atoms with Gasteiger partial charge in [-0.15, -0.1) is 0 Å². The van der Waals surface area contributed by atoms with E-state index in [2.05, 4.69) is 10.5 Å². The van der Waals surface area contributed by atoms with E-state index in [-0.39, 0.29) is 16.3 Å². The van der Waals surface area contributed by atoms with Crippen molar-refractivity contribution in [3.63, 3.8) is 0 Å². The minimum atomic E-state index is -3.76. The third-order valence-electron chi connectivity index (χ3n) is 5.17. The zero-order valence-corrected chi connectivity index (χ0v) is 17.7. The van der Waals surface area contributed by atoms with Gasteiger partial charge in [-0.1, -0.05) is 0 Å². The molecule has 2 heterocycles. The predicted molar refractivity (Wildman–Crippen MR) is 114 cm³/mol. The van der Waals surface area contributed by atoms with Crippen molar-refractivity contribution in [3.05, 3.63) is 52.1 Å². The fourth-order valence-corrected chi connectivity index (χ4v) is 5.01. The predicted octanol–water partition coefficient (Wildman–Crippen LogP) is 2.99. The lowest BCUT2D eigenvalue weighted by Gasteiger charge is -2.18. The molecule has 0 saturated carbocycles. The second-order valence-electron chi connectivity index (χ2n) is 7.21. The Bertz CT molecular complexity index is 1140. The van der Waals surface area contributed by atoms with Crippen LogP contribution in [0.3, 0.4) is 0 Å². The van der Waals surface area contributed by atoms with Crippen molar-refractivity contribution in [1.82, 2.24) is 4.31 Å². The van der Waals surface area contributed by atoms with Crippen LogP contribution in [-0.4, -0.2) is 49.7 Å².